The zero-order chi connectivity index (χ0) is 23.6. The lowest BCUT2D eigenvalue weighted by molar-refractivity contribution is -0.137. The molecule has 1 amide bonds. The van der Waals surface area contributed by atoms with Crippen molar-refractivity contribution < 1.29 is 27.1 Å². The molecule has 1 heterocycles. The Morgan fingerprint density at radius 1 is 1.09 bits per heavy atom. The van der Waals surface area contributed by atoms with Crippen LogP contribution >= 0.6 is 0 Å². The fourth-order valence-electron chi connectivity index (χ4n) is 3.78. The van der Waals surface area contributed by atoms with Gasteiger partial charge in [-0.25, -0.2) is 0 Å². The lowest BCUT2D eigenvalue weighted by atomic mass is 9.93. The van der Waals surface area contributed by atoms with Crippen LogP contribution in [0.3, 0.4) is 0 Å². The third-order valence-corrected chi connectivity index (χ3v) is 5.37. The summed E-state index contributed by atoms with van der Waals surface area (Å²) < 4.78 is 50.0. The van der Waals surface area contributed by atoms with Crippen LogP contribution in [0.2, 0.25) is 0 Å². The van der Waals surface area contributed by atoms with Gasteiger partial charge in [0.2, 0.25) is 0 Å². The van der Waals surface area contributed by atoms with Crippen molar-refractivity contribution >= 4 is 23.0 Å². The minimum atomic E-state index is -4.44. The highest BCUT2D eigenvalue weighted by molar-refractivity contribution is 6.09. The van der Waals surface area contributed by atoms with E-state index in [-0.39, 0.29) is 11.4 Å². The minimum absolute atomic E-state index is 0.177. The molecule has 172 valence electrons. The number of anilines is 2. The van der Waals surface area contributed by atoms with Gasteiger partial charge in [0.25, 0.3) is 5.91 Å². The van der Waals surface area contributed by atoms with Crippen molar-refractivity contribution in [3.05, 3.63) is 76.7 Å². The van der Waals surface area contributed by atoms with Crippen LogP contribution in [0.25, 0.3) is 0 Å². The van der Waals surface area contributed by atoms with Crippen LogP contribution in [0.1, 0.15) is 45.8 Å². The Hall–Kier alpha value is -3.75. The fraction of sp³-hybridized carbons (Fsp3) is 0.250. The van der Waals surface area contributed by atoms with Crippen LogP contribution in [-0.2, 0) is 12.6 Å². The Morgan fingerprint density at radius 2 is 1.85 bits per heavy atom. The highest BCUT2D eigenvalue weighted by Crippen LogP contribution is 2.32. The van der Waals surface area contributed by atoms with E-state index in [1.54, 1.807) is 38.3 Å². The topological polar surface area (TPSA) is 75.9 Å². The van der Waals surface area contributed by atoms with Crippen LogP contribution < -0.4 is 15.5 Å². The van der Waals surface area contributed by atoms with Crippen molar-refractivity contribution in [3.63, 3.8) is 0 Å². The second kappa shape index (κ2) is 9.01. The molecule has 3 aromatic rings. The highest BCUT2D eigenvalue weighted by atomic mass is 19.4. The average Bonchev–Trinajstić information content (AvgIpc) is 3.14. The molecular weight excluding hydrogens is 435 g/mol. The summed E-state index contributed by atoms with van der Waals surface area (Å²) in [5.74, 6) is 1.02. The number of furan rings is 1. The standard InChI is InChI=1S/C24H22F3N3O3/c1-14-21-19(30-29-17-8-3-6-15(12-17)24(25,26)27)10-5-11-20(21)33-22(14)23(31)28-16-7-4-9-18(13-16)32-2/h3-4,6-9,12-13,29H,5,10-11H2,1-2H3,(H,28,31)/b30-19+. The van der Waals surface area contributed by atoms with Crippen LogP contribution in [-0.4, -0.2) is 18.7 Å². The summed E-state index contributed by atoms with van der Waals surface area (Å²) in [5, 5.41) is 7.15. The number of hydrogen-bond donors (Lipinski definition) is 2. The lowest BCUT2D eigenvalue weighted by Crippen LogP contribution is -2.14. The first-order chi connectivity index (χ1) is 15.8. The maximum atomic E-state index is 13.0. The van der Waals surface area contributed by atoms with Crippen molar-refractivity contribution in [2.24, 2.45) is 5.10 Å². The summed E-state index contributed by atoms with van der Waals surface area (Å²) in [7, 11) is 1.54. The molecule has 0 saturated heterocycles. The number of fused-ring (bicyclic) bond motifs is 1. The molecule has 0 saturated carbocycles. The lowest BCUT2D eigenvalue weighted by Gasteiger charge is -2.14. The van der Waals surface area contributed by atoms with Crippen molar-refractivity contribution in [2.45, 2.75) is 32.4 Å². The molecule has 0 spiro atoms. The number of rotatable bonds is 5. The number of halogens is 3. The van der Waals surface area contributed by atoms with E-state index in [2.05, 4.69) is 15.8 Å². The molecule has 6 nitrogen and oxygen atoms in total. The molecular formula is C24H22F3N3O3. The molecule has 0 bridgehead atoms. The van der Waals surface area contributed by atoms with Crippen molar-refractivity contribution in [3.8, 4) is 5.75 Å². The van der Waals surface area contributed by atoms with E-state index >= 15 is 0 Å². The van der Waals surface area contributed by atoms with Gasteiger partial charge in [0.1, 0.15) is 11.5 Å². The van der Waals surface area contributed by atoms with E-state index < -0.39 is 17.6 Å². The maximum Gasteiger partial charge on any atom is 0.416 e. The number of nitrogens with zero attached hydrogens (tertiary/aromatic N) is 1. The molecule has 1 aromatic heterocycles. The Bertz CT molecular complexity index is 1220. The molecule has 0 radical (unpaired) electrons. The van der Waals surface area contributed by atoms with Gasteiger partial charge in [-0.15, -0.1) is 0 Å². The zero-order valence-corrected chi connectivity index (χ0v) is 18.0. The number of ether oxygens (including phenoxy) is 1. The number of nitrogens with one attached hydrogen (secondary N) is 2. The molecule has 0 unspecified atom stereocenters. The summed E-state index contributed by atoms with van der Waals surface area (Å²) in [6.45, 7) is 1.77. The van der Waals surface area contributed by atoms with Gasteiger partial charge in [-0.1, -0.05) is 12.1 Å². The minimum Gasteiger partial charge on any atom is -0.497 e. The van der Waals surface area contributed by atoms with Gasteiger partial charge in [0, 0.05) is 29.3 Å². The monoisotopic (exact) mass is 457 g/mol. The molecule has 1 aliphatic carbocycles. The van der Waals surface area contributed by atoms with E-state index in [1.807, 2.05) is 0 Å². The third kappa shape index (κ3) is 4.87. The zero-order valence-electron chi connectivity index (χ0n) is 18.0. The maximum absolute atomic E-state index is 13.0. The van der Waals surface area contributed by atoms with E-state index in [0.717, 1.165) is 24.1 Å². The fourth-order valence-corrected chi connectivity index (χ4v) is 3.78. The average molecular weight is 457 g/mol. The highest BCUT2D eigenvalue weighted by Gasteiger charge is 2.31. The summed E-state index contributed by atoms with van der Waals surface area (Å²) in [4.78, 5) is 12.9. The number of amides is 1. The molecule has 0 atom stereocenters. The second-order valence-electron chi connectivity index (χ2n) is 7.64. The first-order valence-corrected chi connectivity index (χ1v) is 10.3. The number of hydrogen-bond acceptors (Lipinski definition) is 5. The summed E-state index contributed by atoms with van der Waals surface area (Å²) in [5.41, 5.74) is 4.74. The van der Waals surface area contributed by atoms with Crippen molar-refractivity contribution in [2.75, 3.05) is 17.9 Å². The van der Waals surface area contributed by atoms with Crippen molar-refractivity contribution in [1.82, 2.24) is 0 Å². The number of carbonyl (C=O) groups is 1. The largest absolute Gasteiger partial charge is 0.497 e. The third-order valence-electron chi connectivity index (χ3n) is 5.37. The number of aryl methyl sites for hydroxylation is 1. The number of hydrazone groups is 1. The van der Waals surface area contributed by atoms with E-state index in [1.165, 1.54) is 12.1 Å². The Balaban J connectivity index is 1.58. The smallest absolute Gasteiger partial charge is 0.416 e. The Labute approximate surface area is 188 Å². The van der Waals surface area contributed by atoms with Gasteiger partial charge in [-0.05, 0) is 50.1 Å². The predicted octanol–water partition coefficient (Wildman–Crippen LogP) is 6.02. The first-order valence-electron chi connectivity index (χ1n) is 10.3. The van der Waals surface area contributed by atoms with Crippen LogP contribution in [0.5, 0.6) is 5.75 Å². The summed E-state index contributed by atoms with van der Waals surface area (Å²) in [6.07, 6.45) is -2.43. The normalized spacial score (nSPS) is 14.6. The van der Waals surface area contributed by atoms with Crippen LogP contribution in [0, 0.1) is 6.92 Å². The number of alkyl halides is 3. The van der Waals surface area contributed by atoms with E-state index in [4.69, 9.17) is 9.15 Å². The van der Waals surface area contributed by atoms with Gasteiger partial charge >= 0.3 is 6.18 Å². The molecule has 0 aliphatic heterocycles. The van der Waals surface area contributed by atoms with E-state index in [9.17, 15) is 18.0 Å². The summed E-state index contributed by atoms with van der Waals surface area (Å²) in [6, 6.07) is 11.8. The molecule has 9 heteroatoms. The number of methoxy groups -OCH3 is 1. The first kappa shape index (κ1) is 22.4. The number of carbonyl (C=O) groups excluding carboxylic acids is 1. The van der Waals surface area contributed by atoms with Gasteiger partial charge in [-0.3, -0.25) is 10.2 Å². The Kier molecular flexibility index (Phi) is 6.13. The van der Waals surface area contributed by atoms with Crippen molar-refractivity contribution in [1.29, 1.82) is 0 Å². The predicted molar refractivity (Wildman–Crippen MR) is 119 cm³/mol. The molecule has 2 N–H and O–H groups in total. The molecule has 2 aromatic carbocycles. The number of benzene rings is 2. The SMILES string of the molecule is COc1cccc(NC(=O)c2oc3c(c2C)/C(=N/Nc2cccc(C(F)(F)F)c2)CCC3)c1. The molecule has 0 fully saturated rings. The Morgan fingerprint density at radius 3 is 2.61 bits per heavy atom. The van der Waals surface area contributed by atoms with Crippen LogP contribution in [0.4, 0.5) is 24.5 Å². The summed E-state index contributed by atoms with van der Waals surface area (Å²) >= 11 is 0. The van der Waals surface area contributed by atoms with E-state index in [0.29, 0.717) is 41.3 Å². The van der Waals surface area contributed by atoms with Gasteiger partial charge in [-0.2, -0.15) is 18.3 Å². The molecule has 33 heavy (non-hydrogen) atoms. The molecule has 1 aliphatic rings. The van der Waals surface area contributed by atoms with Gasteiger partial charge < -0.3 is 14.5 Å². The molecule has 4 rings (SSSR count). The van der Waals surface area contributed by atoms with Gasteiger partial charge in [0.15, 0.2) is 5.76 Å². The van der Waals surface area contributed by atoms with Gasteiger partial charge in [0.05, 0.1) is 24.1 Å². The van der Waals surface area contributed by atoms with Crippen LogP contribution in [0.15, 0.2) is 58.0 Å². The second-order valence-corrected chi connectivity index (χ2v) is 7.64. The quantitative estimate of drug-likeness (QED) is 0.460.